The summed E-state index contributed by atoms with van der Waals surface area (Å²) in [5, 5.41) is 0. The number of hydrogen-bond donors (Lipinski definition) is 0. The molecule has 1 aliphatic rings. The van der Waals surface area contributed by atoms with E-state index in [4.69, 9.17) is 0 Å². The fourth-order valence-electron chi connectivity index (χ4n) is 1.52. The van der Waals surface area contributed by atoms with Crippen LogP contribution in [-0.2, 0) is 4.79 Å². The number of carbonyl (C=O) groups excluding carboxylic acids is 1. The van der Waals surface area contributed by atoms with E-state index in [-0.39, 0.29) is 11.2 Å². The molecule has 11 heavy (non-hydrogen) atoms. The van der Waals surface area contributed by atoms with Crippen molar-refractivity contribution in [3.05, 3.63) is 12.2 Å². The van der Waals surface area contributed by atoms with Gasteiger partial charge in [-0.25, -0.2) is 0 Å². The van der Waals surface area contributed by atoms with Gasteiger partial charge < -0.3 is 0 Å². The van der Waals surface area contributed by atoms with Crippen molar-refractivity contribution in [3.8, 4) is 0 Å². The van der Waals surface area contributed by atoms with Crippen molar-refractivity contribution in [2.24, 2.45) is 11.3 Å². The number of allylic oxidation sites excluding steroid dienone is 2. The minimum absolute atomic E-state index is 0.258. The lowest BCUT2D eigenvalue weighted by Gasteiger charge is -2.33. The van der Waals surface area contributed by atoms with Crippen LogP contribution in [0.3, 0.4) is 0 Å². The molecule has 2 atom stereocenters. The third-order valence-electron chi connectivity index (χ3n) is 3.04. The van der Waals surface area contributed by atoms with Crippen molar-refractivity contribution < 1.29 is 4.79 Å². The van der Waals surface area contributed by atoms with E-state index in [0.29, 0.717) is 5.92 Å². The smallest absolute Gasteiger partial charge is 0.155 e. The van der Waals surface area contributed by atoms with E-state index >= 15 is 0 Å². The molecule has 0 radical (unpaired) electrons. The molecule has 0 aromatic heterocycles. The Balaban J connectivity index is 2.83. The summed E-state index contributed by atoms with van der Waals surface area (Å²) >= 11 is 0. The van der Waals surface area contributed by atoms with Gasteiger partial charge in [0, 0.05) is 6.42 Å². The van der Waals surface area contributed by atoms with Gasteiger partial charge in [-0.15, -0.1) is 0 Å². The topological polar surface area (TPSA) is 17.1 Å². The van der Waals surface area contributed by atoms with Crippen molar-refractivity contribution in [2.45, 2.75) is 33.6 Å². The van der Waals surface area contributed by atoms with Gasteiger partial charge in [-0.05, 0) is 23.8 Å². The third-order valence-corrected chi connectivity index (χ3v) is 3.04. The SMILES string of the molecule is CCC1(C)C=CC(=O)CC1C. The fourth-order valence-corrected chi connectivity index (χ4v) is 1.52. The molecule has 0 N–H and O–H groups in total. The molecule has 0 spiro atoms. The maximum Gasteiger partial charge on any atom is 0.155 e. The Kier molecular flexibility index (Phi) is 2.17. The monoisotopic (exact) mass is 152 g/mol. The van der Waals surface area contributed by atoms with Crippen molar-refractivity contribution in [1.82, 2.24) is 0 Å². The summed E-state index contributed by atoms with van der Waals surface area (Å²) in [6, 6.07) is 0. The quantitative estimate of drug-likeness (QED) is 0.564. The molecule has 62 valence electrons. The maximum atomic E-state index is 11.0. The first-order chi connectivity index (χ1) is 5.08. The number of carbonyl (C=O) groups is 1. The lowest BCUT2D eigenvalue weighted by atomic mass is 9.70. The first-order valence-corrected chi connectivity index (χ1v) is 4.30. The van der Waals surface area contributed by atoms with E-state index in [1.165, 1.54) is 0 Å². The van der Waals surface area contributed by atoms with E-state index in [2.05, 4.69) is 26.8 Å². The van der Waals surface area contributed by atoms with E-state index in [9.17, 15) is 4.79 Å². The second kappa shape index (κ2) is 2.80. The Morgan fingerprint density at radius 1 is 1.73 bits per heavy atom. The van der Waals surface area contributed by atoms with Crippen LogP contribution in [0, 0.1) is 11.3 Å². The van der Waals surface area contributed by atoms with Gasteiger partial charge in [0.15, 0.2) is 5.78 Å². The predicted octanol–water partition coefficient (Wildman–Crippen LogP) is 2.57. The van der Waals surface area contributed by atoms with Crippen molar-refractivity contribution >= 4 is 5.78 Å². The average Bonchev–Trinajstić information content (AvgIpc) is 1.98. The Bertz CT molecular complexity index is 193. The minimum atomic E-state index is 0.258. The van der Waals surface area contributed by atoms with Gasteiger partial charge in [-0.2, -0.15) is 0 Å². The molecule has 0 aliphatic heterocycles. The average molecular weight is 152 g/mol. The zero-order valence-corrected chi connectivity index (χ0v) is 7.55. The summed E-state index contributed by atoms with van der Waals surface area (Å²) in [7, 11) is 0. The molecular weight excluding hydrogens is 136 g/mol. The van der Waals surface area contributed by atoms with Crippen LogP contribution in [-0.4, -0.2) is 5.78 Å². The molecule has 0 heterocycles. The zero-order valence-electron chi connectivity index (χ0n) is 7.55. The highest BCUT2D eigenvalue weighted by Gasteiger charge is 2.30. The van der Waals surface area contributed by atoms with Crippen molar-refractivity contribution in [2.75, 3.05) is 0 Å². The minimum Gasteiger partial charge on any atom is -0.295 e. The lowest BCUT2D eigenvalue weighted by molar-refractivity contribution is -0.116. The van der Waals surface area contributed by atoms with Gasteiger partial charge in [-0.1, -0.05) is 26.8 Å². The Morgan fingerprint density at radius 2 is 2.36 bits per heavy atom. The third kappa shape index (κ3) is 1.52. The molecule has 0 saturated heterocycles. The normalized spacial score (nSPS) is 37.7. The Labute approximate surface area is 68.5 Å². The fraction of sp³-hybridized carbons (Fsp3) is 0.700. The molecule has 0 aromatic carbocycles. The molecule has 2 unspecified atom stereocenters. The molecule has 1 rings (SSSR count). The van der Waals surface area contributed by atoms with Gasteiger partial charge in [0.1, 0.15) is 0 Å². The van der Waals surface area contributed by atoms with Gasteiger partial charge in [-0.3, -0.25) is 4.79 Å². The summed E-state index contributed by atoms with van der Waals surface area (Å²) in [6.45, 7) is 6.56. The standard InChI is InChI=1S/C10H16O/c1-4-10(3)6-5-9(11)7-8(10)2/h5-6,8H,4,7H2,1-3H3. The van der Waals surface area contributed by atoms with Crippen molar-refractivity contribution in [1.29, 1.82) is 0 Å². The van der Waals surface area contributed by atoms with E-state index in [1.807, 2.05) is 0 Å². The second-order valence-electron chi connectivity index (χ2n) is 3.76. The highest BCUT2D eigenvalue weighted by atomic mass is 16.1. The molecule has 1 heteroatoms. The molecule has 0 bridgehead atoms. The summed E-state index contributed by atoms with van der Waals surface area (Å²) in [5.74, 6) is 0.786. The highest BCUT2D eigenvalue weighted by molar-refractivity contribution is 5.90. The molecule has 0 amide bonds. The van der Waals surface area contributed by atoms with E-state index in [1.54, 1.807) is 6.08 Å². The molecule has 0 aromatic rings. The Morgan fingerprint density at radius 3 is 2.82 bits per heavy atom. The van der Waals surface area contributed by atoms with Gasteiger partial charge in [0.25, 0.3) is 0 Å². The molecular formula is C10H16O. The molecule has 1 nitrogen and oxygen atoms in total. The summed E-state index contributed by atoms with van der Waals surface area (Å²) < 4.78 is 0. The largest absolute Gasteiger partial charge is 0.295 e. The van der Waals surface area contributed by atoms with Crippen LogP contribution in [0.4, 0.5) is 0 Å². The Hall–Kier alpha value is -0.590. The number of hydrogen-bond acceptors (Lipinski definition) is 1. The molecule has 0 fully saturated rings. The van der Waals surface area contributed by atoms with Crippen LogP contribution in [0.5, 0.6) is 0 Å². The first-order valence-electron chi connectivity index (χ1n) is 4.30. The van der Waals surface area contributed by atoms with Crippen LogP contribution in [0.25, 0.3) is 0 Å². The van der Waals surface area contributed by atoms with Gasteiger partial charge >= 0.3 is 0 Å². The van der Waals surface area contributed by atoms with Gasteiger partial charge in [0.05, 0.1) is 0 Å². The highest BCUT2D eigenvalue weighted by Crippen LogP contribution is 2.37. The zero-order chi connectivity index (χ0) is 8.48. The summed E-state index contributed by atoms with van der Waals surface area (Å²) in [6.07, 6.45) is 5.66. The van der Waals surface area contributed by atoms with Gasteiger partial charge in [0.2, 0.25) is 0 Å². The van der Waals surface area contributed by atoms with Crippen LogP contribution in [0.15, 0.2) is 12.2 Å². The first kappa shape index (κ1) is 8.51. The van der Waals surface area contributed by atoms with E-state index in [0.717, 1.165) is 12.8 Å². The van der Waals surface area contributed by atoms with Crippen LogP contribution in [0.2, 0.25) is 0 Å². The molecule has 1 aliphatic carbocycles. The van der Waals surface area contributed by atoms with Crippen molar-refractivity contribution in [3.63, 3.8) is 0 Å². The van der Waals surface area contributed by atoms with Crippen LogP contribution < -0.4 is 0 Å². The van der Waals surface area contributed by atoms with Crippen LogP contribution >= 0.6 is 0 Å². The summed E-state index contributed by atoms with van der Waals surface area (Å²) in [5.41, 5.74) is 0.258. The van der Waals surface area contributed by atoms with Crippen LogP contribution in [0.1, 0.15) is 33.6 Å². The summed E-state index contributed by atoms with van der Waals surface area (Å²) in [4.78, 5) is 11.0. The number of ketones is 1. The van der Waals surface area contributed by atoms with E-state index < -0.39 is 0 Å². The lowest BCUT2D eigenvalue weighted by Crippen LogP contribution is -2.27. The number of rotatable bonds is 1. The predicted molar refractivity (Wildman–Crippen MR) is 46.3 cm³/mol. The maximum absolute atomic E-state index is 11.0. The molecule has 0 saturated carbocycles. The second-order valence-corrected chi connectivity index (χ2v) is 3.76.